The minimum atomic E-state index is -0.657. The van der Waals surface area contributed by atoms with Gasteiger partial charge in [-0.25, -0.2) is 4.79 Å². The lowest BCUT2D eigenvalue weighted by Crippen LogP contribution is -2.21. The van der Waals surface area contributed by atoms with Gasteiger partial charge < -0.3 is 24.3 Å². The number of amides is 1. The highest BCUT2D eigenvalue weighted by molar-refractivity contribution is 5.96. The third kappa shape index (κ3) is 6.14. The summed E-state index contributed by atoms with van der Waals surface area (Å²) in [7, 11) is 0. The summed E-state index contributed by atoms with van der Waals surface area (Å²) in [5.74, 6) is 0.127. The first-order valence-electron chi connectivity index (χ1n) is 10.00. The average Bonchev–Trinajstić information content (AvgIpc) is 2.71. The van der Waals surface area contributed by atoms with Crippen LogP contribution in [-0.4, -0.2) is 38.3 Å². The van der Waals surface area contributed by atoms with Gasteiger partial charge in [-0.1, -0.05) is 6.07 Å². The Morgan fingerprint density at radius 1 is 0.833 bits per heavy atom. The number of ether oxygens (including phenoxy) is 4. The van der Waals surface area contributed by atoms with Crippen molar-refractivity contribution < 1.29 is 28.5 Å². The van der Waals surface area contributed by atoms with Crippen molar-refractivity contribution in [3.8, 4) is 17.2 Å². The molecule has 2 aromatic carbocycles. The van der Waals surface area contributed by atoms with E-state index in [1.54, 1.807) is 6.07 Å². The molecule has 0 bridgehead atoms. The minimum Gasteiger partial charge on any atom is -0.490 e. The average molecular weight is 415 g/mol. The molecule has 7 nitrogen and oxygen atoms in total. The van der Waals surface area contributed by atoms with Gasteiger partial charge in [-0.2, -0.15) is 0 Å². The molecule has 30 heavy (non-hydrogen) atoms. The summed E-state index contributed by atoms with van der Waals surface area (Å²) in [5, 5.41) is 2.72. The summed E-state index contributed by atoms with van der Waals surface area (Å²) in [4.78, 5) is 24.7. The fraction of sp³-hybridized carbons (Fsp3) is 0.391. The van der Waals surface area contributed by atoms with E-state index in [-0.39, 0.29) is 5.56 Å². The molecule has 2 rings (SSSR count). The zero-order valence-electron chi connectivity index (χ0n) is 18.2. The zero-order valence-corrected chi connectivity index (χ0v) is 18.2. The van der Waals surface area contributed by atoms with Crippen molar-refractivity contribution >= 4 is 17.6 Å². The Balaban J connectivity index is 2.11. The lowest BCUT2D eigenvalue weighted by atomic mass is 10.1. The number of nitrogens with one attached hydrogen (secondary N) is 1. The summed E-state index contributed by atoms with van der Waals surface area (Å²) >= 11 is 0. The van der Waals surface area contributed by atoms with Crippen LogP contribution in [0.25, 0.3) is 0 Å². The van der Waals surface area contributed by atoms with Crippen LogP contribution >= 0.6 is 0 Å². The van der Waals surface area contributed by atoms with Gasteiger partial charge in [-0.15, -0.1) is 0 Å². The molecule has 162 valence electrons. The van der Waals surface area contributed by atoms with Crippen molar-refractivity contribution in [2.24, 2.45) is 0 Å². The van der Waals surface area contributed by atoms with Gasteiger partial charge in [-0.3, -0.25) is 4.79 Å². The monoisotopic (exact) mass is 415 g/mol. The van der Waals surface area contributed by atoms with E-state index in [1.165, 1.54) is 12.1 Å². The molecule has 0 atom stereocenters. The number of anilines is 1. The number of carbonyl (C=O) groups excluding carboxylic acids is 2. The molecular weight excluding hydrogens is 386 g/mol. The molecule has 0 radical (unpaired) electrons. The molecule has 0 aromatic heterocycles. The first kappa shape index (κ1) is 23.1. The lowest BCUT2D eigenvalue weighted by Gasteiger charge is -2.16. The fourth-order valence-corrected chi connectivity index (χ4v) is 2.74. The molecule has 0 saturated heterocycles. The Kier molecular flexibility index (Phi) is 8.53. The molecule has 0 heterocycles. The molecule has 0 spiro atoms. The van der Waals surface area contributed by atoms with Crippen LogP contribution < -0.4 is 19.5 Å². The maximum Gasteiger partial charge on any atom is 0.338 e. The normalized spacial score (nSPS) is 10.3. The predicted octanol–water partition coefficient (Wildman–Crippen LogP) is 4.30. The molecular formula is C23H29NO6. The highest BCUT2D eigenvalue weighted by Crippen LogP contribution is 2.39. The minimum absolute atomic E-state index is 0.212. The van der Waals surface area contributed by atoms with E-state index in [1.807, 2.05) is 46.8 Å². The number of carbonyl (C=O) groups is 2. The third-order valence-corrected chi connectivity index (χ3v) is 4.27. The second kappa shape index (κ2) is 11.1. The Morgan fingerprint density at radius 2 is 1.43 bits per heavy atom. The maximum atomic E-state index is 12.5. The summed E-state index contributed by atoms with van der Waals surface area (Å²) in [5.41, 5.74) is 3.05. The van der Waals surface area contributed by atoms with E-state index >= 15 is 0 Å². The quantitative estimate of drug-likeness (QED) is 0.583. The molecule has 7 heteroatoms. The van der Waals surface area contributed by atoms with Gasteiger partial charge in [0.2, 0.25) is 5.75 Å². The molecule has 0 aliphatic heterocycles. The van der Waals surface area contributed by atoms with Gasteiger partial charge in [-0.05, 0) is 70.0 Å². The van der Waals surface area contributed by atoms with Gasteiger partial charge in [0.1, 0.15) is 0 Å². The van der Waals surface area contributed by atoms with Crippen LogP contribution in [-0.2, 0) is 9.53 Å². The molecule has 0 aliphatic carbocycles. The summed E-state index contributed by atoms with van der Waals surface area (Å²) in [6, 6.07) is 8.64. The fourth-order valence-electron chi connectivity index (χ4n) is 2.74. The maximum absolute atomic E-state index is 12.5. The van der Waals surface area contributed by atoms with Crippen molar-refractivity contribution in [2.75, 3.05) is 31.7 Å². The molecule has 0 unspecified atom stereocenters. The highest BCUT2D eigenvalue weighted by atomic mass is 16.5. The SMILES string of the molecule is CCOc1cc(C(=O)OCC(=O)Nc2ccc(C)c(C)c2)cc(OCC)c1OCC. The Hall–Kier alpha value is -3.22. The van der Waals surface area contributed by atoms with Crippen LogP contribution in [0.2, 0.25) is 0 Å². The van der Waals surface area contributed by atoms with Crippen molar-refractivity contribution in [2.45, 2.75) is 34.6 Å². The number of aryl methyl sites for hydroxylation is 2. The largest absolute Gasteiger partial charge is 0.490 e. The predicted molar refractivity (Wildman–Crippen MR) is 115 cm³/mol. The van der Waals surface area contributed by atoms with Crippen LogP contribution in [0.5, 0.6) is 17.2 Å². The van der Waals surface area contributed by atoms with Crippen LogP contribution in [0.15, 0.2) is 30.3 Å². The molecule has 0 saturated carbocycles. The number of benzene rings is 2. The van der Waals surface area contributed by atoms with E-state index in [4.69, 9.17) is 18.9 Å². The number of rotatable bonds is 10. The third-order valence-electron chi connectivity index (χ3n) is 4.27. The van der Waals surface area contributed by atoms with Crippen molar-refractivity contribution in [1.82, 2.24) is 0 Å². The number of hydrogen-bond acceptors (Lipinski definition) is 6. The zero-order chi connectivity index (χ0) is 22.1. The van der Waals surface area contributed by atoms with E-state index in [0.29, 0.717) is 42.8 Å². The van der Waals surface area contributed by atoms with Gasteiger partial charge in [0, 0.05) is 5.69 Å². The molecule has 2 aromatic rings. The first-order valence-corrected chi connectivity index (χ1v) is 10.00. The van der Waals surface area contributed by atoms with E-state index in [2.05, 4.69) is 5.32 Å². The topological polar surface area (TPSA) is 83.1 Å². The van der Waals surface area contributed by atoms with Crippen molar-refractivity contribution in [3.63, 3.8) is 0 Å². The Morgan fingerprint density at radius 3 is 1.97 bits per heavy atom. The van der Waals surface area contributed by atoms with E-state index in [0.717, 1.165) is 11.1 Å². The molecule has 1 amide bonds. The first-order chi connectivity index (χ1) is 14.4. The van der Waals surface area contributed by atoms with Gasteiger partial charge in [0.05, 0.1) is 25.4 Å². The van der Waals surface area contributed by atoms with Gasteiger partial charge in [0.15, 0.2) is 18.1 Å². The lowest BCUT2D eigenvalue weighted by molar-refractivity contribution is -0.119. The van der Waals surface area contributed by atoms with Gasteiger partial charge >= 0.3 is 5.97 Å². The van der Waals surface area contributed by atoms with Gasteiger partial charge in [0.25, 0.3) is 5.91 Å². The van der Waals surface area contributed by atoms with Crippen molar-refractivity contribution in [3.05, 3.63) is 47.0 Å². The van der Waals surface area contributed by atoms with E-state index < -0.39 is 18.5 Å². The van der Waals surface area contributed by atoms with E-state index in [9.17, 15) is 9.59 Å². The smallest absolute Gasteiger partial charge is 0.338 e. The van der Waals surface area contributed by atoms with Crippen molar-refractivity contribution in [1.29, 1.82) is 0 Å². The van der Waals surface area contributed by atoms with Crippen LogP contribution in [0.4, 0.5) is 5.69 Å². The van der Waals surface area contributed by atoms with Crippen LogP contribution in [0.3, 0.4) is 0 Å². The highest BCUT2D eigenvalue weighted by Gasteiger charge is 2.20. The molecule has 0 aliphatic rings. The van der Waals surface area contributed by atoms with Crippen LogP contribution in [0.1, 0.15) is 42.3 Å². The van der Waals surface area contributed by atoms with Crippen LogP contribution in [0, 0.1) is 13.8 Å². The molecule has 0 fully saturated rings. The second-order valence-corrected chi connectivity index (χ2v) is 6.52. The Bertz CT molecular complexity index is 866. The molecule has 1 N–H and O–H groups in total. The summed E-state index contributed by atoms with van der Waals surface area (Å²) in [6.07, 6.45) is 0. The Labute approximate surface area is 177 Å². The number of hydrogen-bond donors (Lipinski definition) is 1. The summed E-state index contributed by atoms with van der Waals surface area (Å²) in [6.45, 7) is 10.3. The standard InChI is InChI=1S/C23H29NO6/c1-6-27-19-12-17(13-20(28-7-2)22(19)29-8-3)23(26)30-14-21(25)24-18-10-9-15(4)16(5)11-18/h9-13H,6-8,14H2,1-5H3,(H,24,25). The summed E-state index contributed by atoms with van der Waals surface area (Å²) < 4.78 is 22.0. The number of esters is 1. The second-order valence-electron chi connectivity index (χ2n) is 6.52.